The fourth-order valence-electron chi connectivity index (χ4n) is 2.14. The molecule has 1 unspecified atom stereocenters. The first-order valence-electron chi connectivity index (χ1n) is 6.98. The van der Waals surface area contributed by atoms with Crippen molar-refractivity contribution in [1.29, 1.82) is 0 Å². The number of hydrogen-bond donors (Lipinski definition) is 1. The lowest BCUT2D eigenvalue weighted by Gasteiger charge is -2.15. The van der Waals surface area contributed by atoms with Gasteiger partial charge in [-0.05, 0) is 43.3 Å². The Morgan fingerprint density at radius 2 is 1.81 bits per heavy atom. The Kier molecular flexibility index (Phi) is 5.48. The molecular weight excluding hydrogens is 286 g/mol. The highest BCUT2D eigenvalue weighted by molar-refractivity contribution is 6.31. The fraction of sp³-hybridized carbons (Fsp3) is 0.294. The van der Waals surface area contributed by atoms with Crippen molar-refractivity contribution in [1.82, 2.24) is 5.32 Å². The second-order valence-electron chi connectivity index (χ2n) is 4.74. The summed E-state index contributed by atoms with van der Waals surface area (Å²) in [6.07, 6.45) is 0. The maximum absolute atomic E-state index is 6.34. The molecular formula is C17H20ClNO2. The molecule has 21 heavy (non-hydrogen) atoms. The molecule has 2 aromatic carbocycles. The molecule has 0 fully saturated rings. The molecule has 0 spiro atoms. The Hall–Kier alpha value is -1.71. The van der Waals surface area contributed by atoms with Gasteiger partial charge in [-0.3, -0.25) is 0 Å². The van der Waals surface area contributed by atoms with E-state index in [0.717, 1.165) is 23.6 Å². The van der Waals surface area contributed by atoms with Crippen LogP contribution in [0.5, 0.6) is 17.2 Å². The van der Waals surface area contributed by atoms with Gasteiger partial charge in [-0.2, -0.15) is 0 Å². The molecule has 0 bridgehead atoms. The van der Waals surface area contributed by atoms with E-state index >= 15 is 0 Å². The van der Waals surface area contributed by atoms with Crippen LogP contribution in [0.3, 0.4) is 0 Å². The molecule has 0 heterocycles. The number of hydrogen-bond acceptors (Lipinski definition) is 3. The minimum absolute atomic E-state index is 0.216. The van der Waals surface area contributed by atoms with Crippen LogP contribution >= 0.6 is 11.6 Å². The minimum Gasteiger partial charge on any atom is -0.497 e. The van der Waals surface area contributed by atoms with Crippen molar-refractivity contribution in [3.8, 4) is 17.2 Å². The van der Waals surface area contributed by atoms with Crippen LogP contribution in [0.1, 0.15) is 25.5 Å². The Bertz CT molecular complexity index is 601. The van der Waals surface area contributed by atoms with E-state index in [2.05, 4.69) is 19.2 Å². The Balaban J connectivity index is 2.16. The monoisotopic (exact) mass is 305 g/mol. The summed E-state index contributed by atoms with van der Waals surface area (Å²) in [6.45, 7) is 5.07. The average molecular weight is 306 g/mol. The predicted molar refractivity (Wildman–Crippen MR) is 86.6 cm³/mol. The lowest BCUT2D eigenvalue weighted by atomic mass is 10.1. The summed E-state index contributed by atoms with van der Waals surface area (Å²) in [5, 5.41) is 4.04. The van der Waals surface area contributed by atoms with Gasteiger partial charge in [0.1, 0.15) is 17.2 Å². The van der Waals surface area contributed by atoms with E-state index in [1.54, 1.807) is 7.11 Å². The van der Waals surface area contributed by atoms with Gasteiger partial charge in [0.15, 0.2) is 0 Å². The number of benzene rings is 2. The second-order valence-corrected chi connectivity index (χ2v) is 5.15. The van der Waals surface area contributed by atoms with Gasteiger partial charge in [0.2, 0.25) is 0 Å². The number of rotatable bonds is 6. The Morgan fingerprint density at radius 1 is 1.10 bits per heavy atom. The molecule has 112 valence electrons. The molecule has 1 N–H and O–H groups in total. The van der Waals surface area contributed by atoms with Crippen molar-refractivity contribution in [2.45, 2.75) is 19.9 Å². The van der Waals surface area contributed by atoms with Gasteiger partial charge in [0, 0.05) is 17.1 Å². The van der Waals surface area contributed by atoms with E-state index in [1.807, 2.05) is 42.5 Å². The third kappa shape index (κ3) is 4.13. The van der Waals surface area contributed by atoms with Crippen LogP contribution in [0.2, 0.25) is 5.02 Å². The van der Waals surface area contributed by atoms with Crippen molar-refractivity contribution in [3.05, 3.63) is 53.1 Å². The molecule has 1 atom stereocenters. The summed E-state index contributed by atoms with van der Waals surface area (Å²) in [7, 11) is 1.63. The van der Waals surface area contributed by atoms with Crippen molar-refractivity contribution >= 4 is 11.6 Å². The first-order chi connectivity index (χ1) is 10.1. The van der Waals surface area contributed by atoms with Crippen molar-refractivity contribution in [2.24, 2.45) is 0 Å². The molecule has 0 aliphatic carbocycles. The first kappa shape index (κ1) is 15.7. The summed E-state index contributed by atoms with van der Waals surface area (Å²) in [5.41, 5.74) is 1.07. The molecule has 2 aromatic rings. The number of nitrogens with one attached hydrogen (secondary N) is 1. The van der Waals surface area contributed by atoms with E-state index in [4.69, 9.17) is 21.1 Å². The zero-order chi connectivity index (χ0) is 15.2. The minimum atomic E-state index is 0.216. The van der Waals surface area contributed by atoms with Gasteiger partial charge < -0.3 is 14.8 Å². The zero-order valence-corrected chi connectivity index (χ0v) is 13.3. The largest absolute Gasteiger partial charge is 0.497 e. The maximum Gasteiger partial charge on any atom is 0.131 e. The van der Waals surface area contributed by atoms with E-state index in [1.165, 1.54) is 0 Å². The third-order valence-electron chi connectivity index (χ3n) is 3.23. The lowest BCUT2D eigenvalue weighted by molar-refractivity contribution is 0.409. The highest BCUT2D eigenvalue weighted by atomic mass is 35.5. The van der Waals surface area contributed by atoms with Crippen LogP contribution in [0.25, 0.3) is 0 Å². The molecule has 4 heteroatoms. The van der Waals surface area contributed by atoms with Crippen LogP contribution in [-0.4, -0.2) is 13.7 Å². The first-order valence-corrected chi connectivity index (χ1v) is 7.36. The summed E-state index contributed by atoms with van der Waals surface area (Å²) >= 11 is 6.34. The summed E-state index contributed by atoms with van der Waals surface area (Å²) in [5.74, 6) is 2.19. The molecule has 0 aromatic heterocycles. The maximum atomic E-state index is 6.34. The smallest absolute Gasteiger partial charge is 0.131 e. The van der Waals surface area contributed by atoms with Gasteiger partial charge in [-0.1, -0.05) is 30.7 Å². The number of methoxy groups -OCH3 is 1. The Labute approximate surface area is 130 Å². The van der Waals surface area contributed by atoms with E-state index in [-0.39, 0.29) is 6.04 Å². The summed E-state index contributed by atoms with van der Waals surface area (Å²) in [4.78, 5) is 0. The van der Waals surface area contributed by atoms with Gasteiger partial charge in [0.05, 0.1) is 7.11 Å². The standard InChI is InChI=1S/C17H20ClNO2/c1-4-19-12(2)16-9-8-15(11-17(16)18)21-14-7-5-6-13(10-14)20-3/h5-12,19H,4H2,1-3H3. The normalized spacial score (nSPS) is 12.0. The van der Waals surface area contributed by atoms with Crippen molar-refractivity contribution in [2.75, 3.05) is 13.7 Å². The third-order valence-corrected chi connectivity index (χ3v) is 3.55. The highest BCUT2D eigenvalue weighted by Crippen LogP contribution is 2.31. The average Bonchev–Trinajstić information content (AvgIpc) is 2.47. The number of ether oxygens (including phenoxy) is 2. The Morgan fingerprint density at radius 3 is 2.48 bits per heavy atom. The van der Waals surface area contributed by atoms with Crippen LogP contribution in [0.15, 0.2) is 42.5 Å². The fourth-order valence-corrected chi connectivity index (χ4v) is 2.47. The lowest BCUT2D eigenvalue weighted by Crippen LogP contribution is -2.17. The molecule has 2 rings (SSSR count). The van der Waals surface area contributed by atoms with E-state index in [9.17, 15) is 0 Å². The molecule has 0 radical (unpaired) electrons. The van der Waals surface area contributed by atoms with Gasteiger partial charge in [0.25, 0.3) is 0 Å². The molecule has 0 saturated carbocycles. The van der Waals surface area contributed by atoms with Crippen LogP contribution in [-0.2, 0) is 0 Å². The van der Waals surface area contributed by atoms with Crippen LogP contribution in [0, 0.1) is 0 Å². The van der Waals surface area contributed by atoms with Gasteiger partial charge in [-0.15, -0.1) is 0 Å². The van der Waals surface area contributed by atoms with Gasteiger partial charge in [-0.25, -0.2) is 0 Å². The highest BCUT2D eigenvalue weighted by Gasteiger charge is 2.10. The second kappa shape index (κ2) is 7.34. The summed E-state index contributed by atoms with van der Waals surface area (Å²) in [6, 6.07) is 13.4. The molecule has 3 nitrogen and oxygen atoms in total. The molecule has 0 aliphatic rings. The quantitative estimate of drug-likeness (QED) is 0.830. The number of halogens is 1. The van der Waals surface area contributed by atoms with Gasteiger partial charge >= 0.3 is 0 Å². The molecule has 0 amide bonds. The van der Waals surface area contributed by atoms with Crippen LogP contribution in [0.4, 0.5) is 0 Å². The molecule has 0 saturated heterocycles. The SMILES string of the molecule is CCNC(C)c1ccc(Oc2cccc(OC)c2)cc1Cl. The predicted octanol–water partition coefficient (Wildman–Crippen LogP) is 4.81. The van der Waals surface area contributed by atoms with Crippen molar-refractivity contribution in [3.63, 3.8) is 0 Å². The van der Waals surface area contributed by atoms with E-state index in [0.29, 0.717) is 10.8 Å². The topological polar surface area (TPSA) is 30.5 Å². The van der Waals surface area contributed by atoms with Crippen LogP contribution < -0.4 is 14.8 Å². The zero-order valence-electron chi connectivity index (χ0n) is 12.5. The molecule has 0 aliphatic heterocycles. The summed E-state index contributed by atoms with van der Waals surface area (Å²) < 4.78 is 11.0. The van der Waals surface area contributed by atoms with E-state index < -0.39 is 0 Å². The van der Waals surface area contributed by atoms with Crippen molar-refractivity contribution < 1.29 is 9.47 Å².